The molecule has 0 unspecified atom stereocenters. The monoisotopic (exact) mass is 423 g/mol. The molecule has 0 saturated carbocycles. The number of carbonyl (C=O) groups is 2. The van der Waals surface area contributed by atoms with Gasteiger partial charge in [-0.05, 0) is 62.4 Å². The Kier molecular flexibility index (Phi) is 8.76. The summed E-state index contributed by atoms with van der Waals surface area (Å²) in [7, 11) is 0. The van der Waals surface area contributed by atoms with Crippen LogP contribution in [0.15, 0.2) is 48.5 Å². The number of hydrogen-bond acceptors (Lipinski definition) is 4. The van der Waals surface area contributed by atoms with Crippen LogP contribution in [0.2, 0.25) is 0 Å². The fourth-order valence-corrected chi connectivity index (χ4v) is 3.81. The van der Waals surface area contributed by atoms with Crippen LogP contribution in [0.5, 0.6) is 5.75 Å². The molecule has 2 aromatic carbocycles. The van der Waals surface area contributed by atoms with Crippen molar-refractivity contribution in [2.24, 2.45) is 0 Å². The number of hydrogen-bond donors (Lipinski definition) is 2. The van der Waals surface area contributed by atoms with E-state index in [9.17, 15) is 9.59 Å². The molecule has 1 fully saturated rings. The second kappa shape index (κ2) is 12.0. The van der Waals surface area contributed by atoms with Crippen LogP contribution >= 0.6 is 0 Å². The highest BCUT2D eigenvalue weighted by Crippen LogP contribution is 2.23. The molecule has 0 spiro atoms. The molecule has 3 rings (SSSR count). The number of para-hydroxylation sites is 2. The zero-order chi connectivity index (χ0) is 21.9. The highest BCUT2D eigenvalue weighted by atomic mass is 16.5. The lowest BCUT2D eigenvalue weighted by molar-refractivity contribution is -0.136. The molecular formula is C25H33N3O3. The van der Waals surface area contributed by atoms with Gasteiger partial charge >= 0.3 is 11.8 Å². The van der Waals surface area contributed by atoms with E-state index in [0.29, 0.717) is 24.6 Å². The van der Waals surface area contributed by atoms with Crippen LogP contribution in [0, 0.1) is 0 Å². The number of anilines is 2. The van der Waals surface area contributed by atoms with Crippen molar-refractivity contribution in [1.82, 2.24) is 5.32 Å². The van der Waals surface area contributed by atoms with E-state index in [0.717, 1.165) is 25.9 Å². The summed E-state index contributed by atoms with van der Waals surface area (Å²) in [6, 6.07) is 15.8. The van der Waals surface area contributed by atoms with Crippen LogP contribution in [0.3, 0.4) is 0 Å². The molecule has 0 bridgehead atoms. The maximum absolute atomic E-state index is 12.2. The first kappa shape index (κ1) is 22.7. The predicted octanol–water partition coefficient (Wildman–Crippen LogP) is 4.15. The first-order chi connectivity index (χ1) is 15.2. The molecule has 31 heavy (non-hydrogen) atoms. The summed E-state index contributed by atoms with van der Waals surface area (Å²) < 4.78 is 5.47. The van der Waals surface area contributed by atoms with E-state index in [1.54, 1.807) is 18.2 Å². The van der Waals surface area contributed by atoms with Gasteiger partial charge in [-0.1, -0.05) is 37.1 Å². The molecule has 166 valence electrons. The number of benzene rings is 2. The van der Waals surface area contributed by atoms with Crippen LogP contribution in [0.25, 0.3) is 0 Å². The molecule has 6 nitrogen and oxygen atoms in total. The SMILES string of the molecule is CCOc1ccccc1NC(=O)C(=O)NCCCc1ccc(N2CCCCCC2)cc1. The summed E-state index contributed by atoms with van der Waals surface area (Å²) in [6.45, 7) is 5.09. The minimum atomic E-state index is -0.686. The van der Waals surface area contributed by atoms with Gasteiger partial charge in [-0.2, -0.15) is 0 Å². The van der Waals surface area contributed by atoms with Crippen LogP contribution in [0.1, 0.15) is 44.6 Å². The van der Waals surface area contributed by atoms with Gasteiger partial charge in [-0.15, -0.1) is 0 Å². The Morgan fingerprint density at radius 1 is 0.935 bits per heavy atom. The quantitative estimate of drug-likeness (QED) is 0.494. The number of nitrogens with zero attached hydrogens (tertiary/aromatic N) is 1. The molecule has 2 N–H and O–H groups in total. The van der Waals surface area contributed by atoms with Gasteiger partial charge in [0.05, 0.1) is 12.3 Å². The van der Waals surface area contributed by atoms with Crippen LogP contribution in [-0.2, 0) is 16.0 Å². The van der Waals surface area contributed by atoms with E-state index in [-0.39, 0.29) is 0 Å². The molecule has 0 radical (unpaired) electrons. The lowest BCUT2D eigenvalue weighted by Gasteiger charge is -2.22. The number of aryl methyl sites for hydroxylation is 1. The van der Waals surface area contributed by atoms with Crippen molar-refractivity contribution in [3.8, 4) is 5.75 Å². The molecule has 1 aliphatic heterocycles. The molecule has 2 aromatic rings. The Bertz CT molecular complexity index is 843. The molecule has 6 heteroatoms. The summed E-state index contributed by atoms with van der Waals surface area (Å²) >= 11 is 0. The molecule has 1 heterocycles. The number of carbonyl (C=O) groups excluding carboxylic acids is 2. The Balaban J connectivity index is 1.40. The van der Waals surface area contributed by atoms with Gasteiger partial charge < -0.3 is 20.3 Å². The maximum atomic E-state index is 12.2. The molecular weight excluding hydrogens is 390 g/mol. The Morgan fingerprint density at radius 2 is 1.65 bits per heavy atom. The van der Waals surface area contributed by atoms with Crippen molar-refractivity contribution in [3.63, 3.8) is 0 Å². The zero-order valence-corrected chi connectivity index (χ0v) is 18.4. The first-order valence-corrected chi connectivity index (χ1v) is 11.3. The van der Waals surface area contributed by atoms with Gasteiger partial charge in [-0.25, -0.2) is 0 Å². The first-order valence-electron chi connectivity index (χ1n) is 11.3. The van der Waals surface area contributed by atoms with Crippen LogP contribution < -0.4 is 20.3 Å². The summed E-state index contributed by atoms with van der Waals surface area (Å²) in [5.74, 6) is -0.772. The minimum absolute atomic E-state index is 0.452. The van der Waals surface area contributed by atoms with E-state index in [1.165, 1.54) is 36.9 Å². The van der Waals surface area contributed by atoms with Crippen molar-refractivity contribution in [3.05, 3.63) is 54.1 Å². The maximum Gasteiger partial charge on any atom is 0.313 e. The zero-order valence-electron chi connectivity index (χ0n) is 18.4. The van der Waals surface area contributed by atoms with E-state index in [1.807, 2.05) is 13.0 Å². The predicted molar refractivity (Wildman–Crippen MR) is 125 cm³/mol. The highest BCUT2D eigenvalue weighted by molar-refractivity contribution is 6.39. The van der Waals surface area contributed by atoms with Crippen molar-refractivity contribution < 1.29 is 14.3 Å². The average molecular weight is 424 g/mol. The summed E-state index contributed by atoms with van der Waals surface area (Å²) in [4.78, 5) is 26.7. The van der Waals surface area contributed by atoms with Crippen LogP contribution in [0.4, 0.5) is 11.4 Å². The summed E-state index contributed by atoms with van der Waals surface area (Å²) in [5, 5.41) is 5.31. The molecule has 0 atom stereocenters. The van der Waals surface area contributed by atoms with Crippen molar-refractivity contribution in [2.75, 3.05) is 36.5 Å². The lowest BCUT2D eigenvalue weighted by Crippen LogP contribution is -2.36. The van der Waals surface area contributed by atoms with Gasteiger partial charge in [0.2, 0.25) is 0 Å². The Morgan fingerprint density at radius 3 is 2.35 bits per heavy atom. The normalized spacial score (nSPS) is 13.9. The van der Waals surface area contributed by atoms with Gasteiger partial charge in [0.25, 0.3) is 0 Å². The smallest absolute Gasteiger partial charge is 0.313 e. The van der Waals surface area contributed by atoms with Crippen LogP contribution in [-0.4, -0.2) is 38.1 Å². The van der Waals surface area contributed by atoms with E-state index < -0.39 is 11.8 Å². The third-order valence-electron chi connectivity index (χ3n) is 5.48. The number of rotatable bonds is 8. The molecule has 0 aliphatic carbocycles. The van der Waals surface area contributed by atoms with E-state index >= 15 is 0 Å². The second-order valence-corrected chi connectivity index (χ2v) is 7.81. The van der Waals surface area contributed by atoms with Crippen molar-refractivity contribution >= 4 is 23.2 Å². The Hall–Kier alpha value is -3.02. The largest absolute Gasteiger partial charge is 0.492 e. The van der Waals surface area contributed by atoms with E-state index in [2.05, 4.69) is 39.8 Å². The van der Waals surface area contributed by atoms with Gasteiger partial charge in [0.1, 0.15) is 5.75 Å². The minimum Gasteiger partial charge on any atom is -0.492 e. The third-order valence-corrected chi connectivity index (χ3v) is 5.48. The third kappa shape index (κ3) is 7.02. The summed E-state index contributed by atoms with van der Waals surface area (Å²) in [6.07, 6.45) is 6.83. The second-order valence-electron chi connectivity index (χ2n) is 7.81. The fraction of sp³-hybridized carbons (Fsp3) is 0.440. The Labute approximate surface area is 185 Å². The van der Waals surface area contributed by atoms with Gasteiger partial charge in [0.15, 0.2) is 0 Å². The van der Waals surface area contributed by atoms with Crippen molar-refractivity contribution in [1.29, 1.82) is 0 Å². The number of ether oxygens (including phenoxy) is 1. The molecule has 0 aromatic heterocycles. The molecule has 1 saturated heterocycles. The topological polar surface area (TPSA) is 70.7 Å². The highest BCUT2D eigenvalue weighted by Gasteiger charge is 2.15. The summed E-state index contributed by atoms with van der Waals surface area (Å²) in [5.41, 5.74) is 3.03. The lowest BCUT2D eigenvalue weighted by atomic mass is 10.1. The van der Waals surface area contributed by atoms with E-state index in [4.69, 9.17) is 4.74 Å². The van der Waals surface area contributed by atoms with Gasteiger partial charge in [-0.3, -0.25) is 9.59 Å². The van der Waals surface area contributed by atoms with Crippen molar-refractivity contribution in [2.45, 2.75) is 45.4 Å². The molecule has 2 amide bonds. The standard InChI is InChI=1S/C25H33N3O3/c1-2-31-23-12-6-5-11-22(23)27-25(30)24(29)26-17-9-10-20-13-15-21(16-14-20)28-18-7-3-4-8-19-28/h5-6,11-16H,2-4,7-10,17-19H2,1H3,(H,26,29)(H,27,30). The average Bonchev–Trinajstić information content (AvgIpc) is 3.08. The number of amides is 2. The fourth-order valence-electron chi connectivity index (χ4n) is 3.81. The van der Waals surface area contributed by atoms with Gasteiger partial charge in [0, 0.05) is 25.3 Å². The number of nitrogens with one attached hydrogen (secondary N) is 2. The molecule has 1 aliphatic rings.